The second kappa shape index (κ2) is 9.51. The maximum absolute atomic E-state index is 12.7. The highest BCUT2D eigenvalue weighted by Gasteiger charge is 2.20. The van der Waals surface area contributed by atoms with Crippen LogP contribution in [0.3, 0.4) is 0 Å². The van der Waals surface area contributed by atoms with E-state index >= 15 is 0 Å². The molecule has 2 aromatic carbocycles. The zero-order valence-electron chi connectivity index (χ0n) is 16.8. The SMILES string of the molecule is COc1ccc(C=O)cc1C#Cc1nc(S(=O)(=O)Nc2ccc(C(=O)O)cc2OC)cs1. The van der Waals surface area contributed by atoms with E-state index in [0.717, 1.165) is 11.3 Å². The van der Waals surface area contributed by atoms with E-state index in [1.807, 2.05) is 0 Å². The summed E-state index contributed by atoms with van der Waals surface area (Å²) in [6, 6.07) is 8.50. The number of carboxylic acids is 1. The number of aromatic nitrogens is 1. The Kier molecular flexibility index (Phi) is 6.77. The highest BCUT2D eigenvalue weighted by Crippen LogP contribution is 2.28. The molecule has 3 rings (SSSR count). The molecule has 32 heavy (non-hydrogen) atoms. The molecule has 0 aliphatic carbocycles. The van der Waals surface area contributed by atoms with Gasteiger partial charge in [-0.25, -0.2) is 9.78 Å². The molecule has 11 heteroatoms. The fourth-order valence-electron chi connectivity index (χ4n) is 2.56. The van der Waals surface area contributed by atoms with E-state index in [4.69, 9.17) is 14.6 Å². The summed E-state index contributed by atoms with van der Waals surface area (Å²) in [5.74, 6) is 4.93. The quantitative estimate of drug-likeness (QED) is 0.396. The van der Waals surface area contributed by atoms with Gasteiger partial charge in [-0.2, -0.15) is 8.42 Å². The molecule has 0 spiro atoms. The average molecular weight is 473 g/mol. The topological polar surface area (TPSA) is 132 Å². The fraction of sp³-hybridized carbons (Fsp3) is 0.0952. The number of nitrogens with zero attached hydrogens (tertiary/aromatic N) is 1. The minimum Gasteiger partial charge on any atom is -0.495 e. The van der Waals surface area contributed by atoms with Crippen LogP contribution >= 0.6 is 11.3 Å². The van der Waals surface area contributed by atoms with Gasteiger partial charge in [-0.05, 0) is 42.3 Å². The first-order valence-corrected chi connectivity index (χ1v) is 11.2. The third-order valence-corrected chi connectivity index (χ3v) is 6.27. The first-order chi connectivity index (χ1) is 15.3. The number of hydrogen-bond donors (Lipinski definition) is 2. The van der Waals surface area contributed by atoms with Gasteiger partial charge in [0.2, 0.25) is 0 Å². The van der Waals surface area contributed by atoms with Gasteiger partial charge in [-0.1, -0.05) is 5.92 Å². The molecule has 0 saturated carbocycles. The zero-order chi connectivity index (χ0) is 23.3. The lowest BCUT2D eigenvalue weighted by molar-refractivity contribution is 0.0696. The maximum atomic E-state index is 12.7. The number of anilines is 1. The van der Waals surface area contributed by atoms with Crippen LogP contribution in [0.1, 0.15) is 31.3 Å². The molecular weight excluding hydrogens is 456 g/mol. The van der Waals surface area contributed by atoms with E-state index in [1.54, 1.807) is 18.2 Å². The molecule has 9 nitrogen and oxygen atoms in total. The van der Waals surface area contributed by atoms with Crippen molar-refractivity contribution in [1.29, 1.82) is 0 Å². The first kappa shape index (κ1) is 22.8. The Morgan fingerprint density at radius 1 is 1.12 bits per heavy atom. The monoisotopic (exact) mass is 472 g/mol. The van der Waals surface area contributed by atoms with Crippen LogP contribution in [0.5, 0.6) is 11.5 Å². The van der Waals surface area contributed by atoms with E-state index in [9.17, 15) is 18.0 Å². The lowest BCUT2D eigenvalue weighted by atomic mass is 10.1. The standard InChI is InChI=1S/C21H16N2O7S2/c1-29-17-7-3-13(11-24)9-14(17)5-8-19-22-20(12-31-19)32(27,28)23-16-6-4-15(21(25)26)10-18(16)30-2/h3-4,6-7,9-12,23H,1-2H3,(H,25,26). The predicted octanol–water partition coefficient (Wildman–Crippen LogP) is 2.87. The molecule has 0 fully saturated rings. The molecule has 0 aliphatic rings. The Balaban J connectivity index is 1.87. The molecule has 2 N–H and O–H groups in total. The lowest BCUT2D eigenvalue weighted by Crippen LogP contribution is -2.14. The smallest absolute Gasteiger partial charge is 0.335 e. The van der Waals surface area contributed by atoms with Gasteiger partial charge in [0.1, 0.15) is 17.8 Å². The van der Waals surface area contributed by atoms with Gasteiger partial charge in [0.25, 0.3) is 10.0 Å². The molecular formula is C21H16N2O7S2. The van der Waals surface area contributed by atoms with Gasteiger partial charge in [0, 0.05) is 10.9 Å². The van der Waals surface area contributed by atoms with Gasteiger partial charge in [-0.3, -0.25) is 9.52 Å². The zero-order valence-corrected chi connectivity index (χ0v) is 18.4. The van der Waals surface area contributed by atoms with E-state index in [0.29, 0.717) is 23.2 Å². The minimum absolute atomic E-state index is 0.0471. The van der Waals surface area contributed by atoms with Crippen LogP contribution in [0.4, 0.5) is 5.69 Å². The Bertz CT molecular complexity index is 1350. The van der Waals surface area contributed by atoms with Crippen molar-refractivity contribution in [3.63, 3.8) is 0 Å². The molecule has 0 bridgehead atoms. The molecule has 0 unspecified atom stereocenters. The summed E-state index contributed by atoms with van der Waals surface area (Å²) in [4.78, 5) is 26.1. The molecule has 164 valence electrons. The van der Waals surface area contributed by atoms with E-state index in [2.05, 4.69) is 21.5 Å². The van der Waals surface area contributed by atoms with Crippen LogP contribution < -0.4 is 14.2 Å². The molecule has 1 heterocycles. The van der Waals surface area contributed by atoms with E-state index < -0.39 is 16.0 Å². The summed E-state index contributed by atoms with van der Waals surface area (Å²) in [5.41, 5.74) is 0.890. The Morgan fingerprint density at radius 2 is 1.88 bits per heavy atom. The Hall–Kier alpha value is -3.88. The second-order valence-electron chi connectivity index (χ2n) is 6.14. The van der Waals surface area contributed by atoms with Crippen molar-refractivity contribution in [3.8, 4) is 23.3 Å². The number of carbonyl (C=O) groups is 2. The molecule has 0 amide bonds. The van der Waals surface area contributed by atoms with Crippen molar-refractivity contribution in [2.75, 3.05) is 18.9 Å². The van der Waals surface area contributed by atoms with Crippen molar-refractivity contribution in [2.24, 2.45) is 0 Å². The van der Waals surface area contributed by atoms with Crippen LogP contribution in [-0.4, -0.2) is 45.0 Å². The van der Waals surface area contributed by atoms with Gasteiger partial charge in [0.05, 0.1) is 31.0 Å². The number of rotatable bonds is 7. The number of carboxylic acid groups (broad SMARTS) is 1. The Morgan fingerprint density at radius 3 is 2.53 bits per heavy atom. The van der Waals surface area contributed by atoms with Gasteiger partial charge in [-0.15, -0.1) is 11.3 Å². The minimum atomic E-state index is -4.08. The van der Waals surface area contributed by atoms with Crippen molar-refractivity contribution in [2.45, 2.75) is 5.03 Å². The number of ether oxygens (including phenoxy) is 2. The number of sulfonamides is 1. The molecule has 0 radical (unpaired) electrons. The molecule has 1 aromatic heterocycles. The van der Waals surface area contributed by atoms with Gasteiger partial charge >= 0.3 is 5.97 Å². The number of thiazole rings is 1. The predicted molar refractivity (Wildman–Crippen MR) is 117 cm³/mol. The third-order valence-electron chi connectivity index (χ3n) is 4.11. The molecule has 0 saturated heterocycles. The van der Waals surface area contributed by atoms with E-state index in [-0.39, 0.29) is 27.0 Å². The van der Waals surface area contributed by atoms with Crippen LogP contribution in [0.2, 0.25) is 0 Å². The first-order valence-electron chi connectivity index (χ1n) is 8.82. The summed E-state index contributed by atoms with van der Waals surface area (Å²) in [6.45, 7) is 0. The van der Waals surface area contributed by atoms with E-state index in [1.165, 1.54) is 37.8 Å². The fourth-order valence-corrected chi connectivity index (χ4v) is 4.57. The van der Waals surface area contributed by atoms with Crippen LogP contribution in [0.15, 0.2) is 46.8 Å². The summed E-state index contributed by atoms with van der Waals surface area (Å²) in [5, 5.41) is 10.4. The number of methoxy groups -OCH3 is 2. The normalized spacial score (nSPS) is 10.6. The summed E-state index contributed by atoms with van der Waals surface area (Å²) in [6.07, 6.45) is 0.682. The number of benzene rings is 2. The highest BCUT2D eigenvalue weighted by atomic mass is 32.2. The largest absolute Gasteiger partial charge is 0.495 e. The number of carbonyl (C=O) groups excluding carboxylic acids is 1. The summed E-state index contributed by atoms with van der Waals surface area (Å²) in [7, 11) is -1.32. The van der Waals surface area contributed by atoms with Crippen molar-refractivity contribution in [1.82, 2.24) is 4.98 Å². The number of nitrogens with one attached hydrogen (secondary N) is 1. The second-order valence-corrected chi connectivity index (χ2v) is 8.63. The maximum Gasteiger partial charge on any atom is 0.335 e. The van der Waals surface area contributed by atoms with Crippen molar-refractivity contribution in [3.05, 3.63) is 63.5 Å². The number of hydrogen-bond acceptors (Lipinski definition) is 8. The van der Waals surface area contributed by atoms with Crippen LogP contribution in [0, 0.1) is 11.8 Å². The summed E-state index contributed by atoms with van der Waals surface area (Å²) >= 11 is 1.02. The number of aldehydes is 1. The Labute approximate surface area is 187 Å². The van der Waals surface area contributed by atoms with Crippen LogP contribution in [-0.2, 0) is 10.0 Å². The lowest BCUT2D eigenvalue weighted by Gasteiger charge is -2.11. The van der Waals surface area contributed by atoms with Gasteiger partial charge < -0.3 is 14.6 Å². The molecule has 3 aromatic rings. The summed E-state index contributed by atoms with van der Waals surface area (Å²) < 4.78 is 38.1. The average Bonchev–Trinajstić information content (AvgIpc) is 3.27. The molecule has 0 atom stereocenters. The van der Waals surface area contributed by atoms with Crippen molar-refractivity contribution >= 4 is 39.3 Å². The number of aromatic carboxylic acids is 1. The van der Waals surface area contributed by atoms with Crippen molar-refractivity contribution < 1.29 is 32.6 Å². The third kappa shape index (κ3) is 5.05. The highest BCUT2D eigenvalue weighted by molar-refractivity contribution is 7.92. The molecule has 0 aliphatic heterocycles. The van der Waals surface area contributed by atoms with Crippen LogP contribution in [0.25, 0.3) is 0 Å². The van der Waals surface area contributed by atoms with Gasteiger partial charge in [0.15, 0.2) is 10.0 Å².